The number of aliphatic hydroxyl groups excluding tert-OH is 1. The van der Waals surface area contributed by atoms with Gasteiger partial charge in [-0.25, -0.2) is 0 Å². The number of hydrogen-bond acceptors (Lipinski definition) is 5. The van der Waals surface area contributed by atoms with E-state index < -0.39 is 0 Å². The van der Waals surface area contributed by atoms with Gasteiger partial charge in [0.05, 0.1) is 31.0 Å². The van der Waals surface area contributed by atoms with Gasteiger partial charge in [-0.2, -0.15) is 0 Å². The Kier molecular flexibility index (Phi) is 4.97. The Labute approximate surface area is 159 Å². The molecule has 1 amide bonds. The van der Waals surface area contributed by atoms with Crippen molar-refractivity contribution in [2.45, 2.75) is 50.4 Å². The third-order valence-electron chi connectivity index (χ3n) is 6.13. The van der Waals surface area contributed by atoms with Crippen molar-refractivity contribution in [1.29, 1.82) is 0 Å². The van der Waals surface area contributed by atoms with E-state index in [9.17, 15) is 4.79 Å². The SMILES string of the molecule is CO[C@@]12CCC(OCCO)CC1N(C(=O)c1ccc3oc(C)cc3c1)CC2. The second-order valence-electron chi connectivity index (χ2n) is 7.63. The third-order valence-corrected chi connectivity index (χ3v) is 6.13. The van der Waals surface area contributed by atoms with Crippen LogP contribution in [-0.2, 0) is 9.47 Å². The first kappa shape index (κ1) is 18.5. The lowest BCUT2D eigenvalue weighted by Gasteiger charge is -2.43. The quantitative estimate of drug-likeness (QED) is 0.872. The molecule has 1 aliphatic heterocycles. The maximum Gasteiger partial charge on any atom is 0.254 e. The lowest BCUT2D eigenvalue weighted by Crippen LogP contribution is -2.53. The highest BCUT2D eigenvalue weighted by molar-refractivity contribution is 5.98. The summed E-state index contributed by atoms with van der Waals surface area (Å²) in [7, 11) is 1.75. The summed E-state index contributed by atoms with van der Waals surface area (Å²) in [4.78, 5) is 15.2. The van der Waals surface area contributed by atoms with Crippen molar-refractivity contribution < 1.29 is 23.8 Å². The molecule has 1 aromatic heterocycles. The average molecular weight is 373 g/mol. The number of aliphatic hydroxyl groups is 1. The second kappa shape index (κ2) is 7.26. The van der Waals surface area contributed by atoms with E-state index in [1.165, 1.54) is 0 Å². The van der Waals surface area contributed by atoms with Crippen molar-refractivity contribution >= 4 is 16.9 Å². The van der Waals surface area contributed by atoms with Crippen LogP contribution in [0.15, 0.2) is 28.7 Å². The van der Waals surface area contributed by atoms with Gasteiger partial charge >= 0.3 is 0 Å². The van der Waals surface area contributed by atoms with E-state index in [0.29, 0.717) is 18.7 Å². The molecule has 0 bridgehead atoms. The molecule has 6 heteroatoms. The monoisotopic (exact) mass is 373 g/mol. The molecule has 6 nitrogen and oxygen atoms in total. The summed E-state index contributed by atoms with van der Waals surface area (Å²) in [5, 5.41) is 9.98. The third kappa shape index (κ3) is 3.26. The zero-order valence-electron chi connectivity index (χ0n) is 15.9. The number of carbonyl (C=O) groups is 1. The van der Waals surface area contributed by atoms with Crippen molar-refractivity contribution in [1.82, 2.24) is 4.90 Å². The minimum atomic E-state index is -0.287. The van der Waals surface area contributed by atoms with Crippen LogP contribution >= 0.6 is 0 Å². The standard InChI is InChI=1S/C21H27NO5/c1-14-11-16-12-15(3-4-18(16)27-14)20(24)22-8-7-21(25-2)6-5-17(13-19(21)22)26-10-9-23/h3-4,11-12,17,19,23H,5-10,13H2,1-2H3/t17?,19?,21-/m1/s1. The highest BCUT2D eigenvalue weighted by Crippen LogP contribution is 2.43. The highest BCUT2D eigenvalue weighted by atomic mass is 16.5. The number of likely N-dealkylation sites (tertiary alicyclic amines) is 1. The zero-order valence-corrected chi connectivity index (χ0v) is 15.9. The lowest BCUT2D eigenvalue weighted by molar-refractivity contribution is -0.0992. The van der Waals surface area contributed by atoms with Crippen LogP contribution in [0.1, 0.15) is 41.8 Å². The predicted molar refractivity (Wildman–Crippen MR) is 101 cm³/mol. The van der Waals surface area contributed by atoms with Crippen molar-refractivity contribution in [3.8, 4) is 0 Å². The van der Waals surface area contributed by atoms with Crippen LogP contribution in [-0.4, -0.2) is 60.5 Å². The molecule has 146 valence electrons. The van der Waals surface area contributed by atoms with Gasteiger partial charge in [-0.1, -0.05) is 0 Å². The first-order chi connectivity index (χ1) is 13.1. The fraction of sp³-hybridized carbons (Fsp3) is 0.571. The largest absolute Gasteiger partial charge is 0.461 e. The highest BCUT2D eigenvalue weighted by Gasteiger charge is 2.52. The van der Waals surface area contributed by atoms with Gasteiger partial charge < -0.3 is 23.9 Å². The number of hydrogen-bond donors (Lipinski definition) is 1. The predicted octanol–water partition coefficient (Wildman–Crippen LogP) is 2.90. The van der Waals surface area contributed by atoms with Crippen molar-refractivity contribution in [2.24, 2.45) is 0 Å². The summed E-state index contributed by atoms with van der Waals surface area (Å²) in [5.41, 5.74) is 1.19. The molecule has 4 rings (SSSR count). The van der Waals surface area contributed by atoms with Gasteiger partial charge in [0.2, 0.25) is 0 Å². The number of ether oxygens (including phenoxy) is 2. The molecule has 2 heterocycles. The summed E-state index contributed by atoms with van der Waals surface area (Å²) < 4.78 is 17.3. The Hall–Kier alpha value is -1.89. The van der Waals surface area contributed by atoms with Crippen LogP contribution in [0.2, 0.25) is 0 Å². The number of fused-ring (bicyclic) bond motifs is 2. The molecule has 0 spiro atoms. The van der Waals surface area contributed by atoms with Crippen LogP contribution < -0.4 is 0 Å². The second-order valence-corrected chi connectivity index (χ2v) is 7.63. The molecular weight excluding hydrogens is 346 g/mol. The van der Waals surface area contributed by atoms with E-state index in [1.54, 1.807) is 7.11 Å². The topological polar surface area (TPSA) is 72.1 Å². The van der Waals surface area contributed by atoms with Crippen LogP contribution in [0.5, 0.6) is 0 Å². The van der Waals surface area contributed by atoms with E-state index in [0.717, 1.165) is 42.4 Å². The first-order valence-corrected chi connectivity index (χ1v) is 9.65. The summed E-state index contributed by atoms with van der Waals surface area (Å²) >= 11 is 0. The Morgan fingerprint density at radius 2 is 2.22 bits per heavy atom. The number of carbonyl (C=O) groups excluding carboxylic acids is 1. The smallest absolute Gasteiger partial charge is 0.254 e. The summed E-state index contributed by atoms with van der Waals surface area (Å²) in [5.74, 6) is 0.868. The van der Waals surface area contributed by atoms with E-state index >= 15 is 0 Å². The van der Waals surface area contributed by atoms with Crippen molar-refractivity contribution in [2.75, 3.05) is 26.9 Å². The molecule has 2 unspecified atom stereocenters. The summed E-state index contributed by atoms with van der Waals surface area (Å²) in [6.07, 6.45) is 3.41. The molecule has 1 saturated heterocycles. The molecule has 27 heavy (non-hydrogen) atoms. The number of furan rings is 1. The first-order valence-electron chi connectivity index (χ1n) is 9.65. The van der Waals surface area contributed by atoms with Crippen LogP contribution in [0.3, 0.4) is 0 Å². The van der Waals surface area contributed by atoms with Gasteiger partial charge in [0.15, 0.2) is 0 Å². The van der Waals surface area contributed by atoms with E-state index in [1.807, 2.05) is 36.1 Å². The summed E-state index contributed by atoms with van der Waals surface area (Å²) in [6, 6.07) is 7.55. The Morgan fingerprint density at radius 1 is 1.37 bits per heavy atom. The number of benzene rings is 1. The number of rotatable bonds is 5. The van der Waals surface area contributed by atoms with Crippen LogP contribution in [0, 0.1) is 6.92 Å². The number of methoxy groups -OCH3 is 1. The van der Waals surface area contributed by atoms with Gasteiger partial charge in [0.1, 0.15) is 11.3 Å². The number of aryl methyl sites for hydroxylation is 1. The molecule has 2 aromatic rings. The van der Waals surface area contributed by atoms with Gasteiger partial charge in [0, 0.05) is 24.6 Å². The van der Waals surface area contributed by atoms with E-state index in [4.69, 9.17) is 19.0 Å². The van der Waals surface area contributed by atoms with Crippen LogP contribution in [0.25, 0.3) is 11.0 Å². The minimum absolute atomic E-state index is 0.00535. The fourth-order valence-corrected chi connectivity index (χ4v) is 4.75. The van der Waals surface area contributed by atoms with Gasteiger partial charge in [-0.15, -0.1) is 0 Å². The molecule has 2 fully saturated rings. The van der Waals surface area contributed by atoms with Gasteiger partial charge in [0.25, 0.3) is 5.91 Å². The normalized spacial score (nSPS) is 27.9. The van der Waals surface area contributed by atoms with Crippen molar-refractivity contribution in [3.05, 3.63) is 35.6 Å². The molecule has 1 aliphatic carbocycles. The van der Waals surface area contributed by atoms with Gasteiger partial charge in [-0.3, -0.25) is 4.79 Å². The van der Waals surface area contributed by atoms with Crippen LogP contribution in [0.4, 0.5) is 0 Å². The van der Waals surface area contributed by atoms with Crippen molar-refractivity contribution in [3.63, 3.8) is 0 Å². The number of nitrogens with zero attached hydrogens (tertiary/aromatic N) is 1. The molecule has 2 aliphatic rings. The molecule has 1 N–H and O–H groups in total. The maximum atomic E-state index is 13.3. The van der Waals surface area contributed by atoms with Gasteiger partial charge in [-0.05, 0) is 56.9 Å². The lowest BCUT2D eigenvalue weighted by atomic mass is 9.79. The Bertz CT molecular complexity index is 831. The van der Waals surface area contributed by atoms with E-state index in [-0.39, 0.29) is 30.3 Å². The maximum absolute atomic E-state index is 13.3. The molecule has 3 atom stereocenters. The molecule has 0 radical (unpaired) electrons. The number of amides is 1. The molecule has 1 aromatic carbocycles. The average Bonchev–Trinajstić information content (AvgIpc) is 3.24. The molecule has 1 saturated carbocycles. The Morgan fingerprint density at radius 3 is 3.00 bits per heavy atom. The fourth-order valence-electron chi connectivity index (χ4n) is 4.75. The minimum Gasteiger partial charge on any atom is -0.461 e. The Balaban J connectivity index is 1.58. The summed E-state index contributed by atoms with van der Waals surface area (Å²) in [6.45, 7) is 2.95. The molecular formula is C21H27NO5. The zero-order chi connectivity index (χ0) is 19.0. The van der Waals surface area contributed by atoms with E-state index in [2.05, 4.69) is 0 Å².